The molecule has 1 saturated carbocycles. The first kappa shape index (κ1) is 9.44. The molecule has 0 aromatic rings. The lowest BCUT2D eigenvalue weighted by Gasteiger charge is -2.21. The Bertz CT molecular complexity index is 282. The maximum atomic E-state index is 11.1. The van der Waals surface area contributed by atoms with Gasteiger partial charge in [-0.1, -0.05) is 12.2 Å². The number of aldehydes is 1. The number of cyclic esters (lactones) is 1. The van der Waals surface area contributed by atoms with Crippen molar-refractivity contribution in [2.75, 3.05) is 0 Å². The van der Waals surface area contributed by atoms with E-state index >= 15 is 0 Å². The van der Waals surface area contributed by atoms with Crippen molar-refractivity contribution in [1.82, 2.24) is 0 Å². The van der Waals surface area contributed by atoms with Crippen LogP contribution in [0.5, 0.6) is 0 Å². The summed E-state index contributed by atoms with van der Waals surface area (Å²) in [6.07, 6.45) is 3.98. The fourth-order valence-corrected chi connectivity index (χ4v) is 2.44. The first-order chi connectivity index (χ1) is 6.72. The van der Waals surface area contributed by atoms with Gasteiger partial charge in [0, 0.05) is 5.92 Å². The van der Waals surface area contributed by atoms with E-state index in [1.807, 2.05) is 0 Å². The maximum Gasteiger partial charge on any atom is 0.306 e. The zero-order valence-corrected chi connectivity index (χ0v) is 8.07. The summed E-state index contributed by atoms with van der Waals surface area (Å²) in [4.78, 5) is 21.8. The van der Waals surface area contributed by atoms with E-state index in [0.717, 1.165) is 31.1 Å². The van der Waals surface area contributed by atoms with Crippen molar-refractivity contribution < 1.29 is 14.3 Å². The van der Waals surface area contributed by atoms with Gasteiger partial charge >= 0.3 is 5.97 Å². The van der Waals surface area contributed by atoms with Crippen molar-refractivity contribution >= 4 is 12.3 Å². The zero-order valence-electron chi connectivity index (χ0n) is 8.07. The van der Waals surface area contributed by atoms with Crippen molar-refractivity contribution in [3.63, 3.8) is 0 Å². The predicted molar refractivity (Wildman–Crippen MR) is 50.5 cm³/mol. The standard InChI is InChI=1S/C11H14O3/c1-7-3-2-4-9(7)11-8(6-12)5-10(13)14-11/h6,8-9,11H,1-5H2/t8-,9-,11-/m0/s1. The number of hydrogen-bond donors (Lipinski definition) is 0. The Morgan fingerprint density at radius 3 is 2.86 bits per heavy atom. The molecule has 0 unspecified atom stereocenters. The van der Waals surface area contributed by atoms with Gasteiger partial charge in [-0.3, -0.25) is 4.79 Å². The number of ether oxygens (including phenoxy) is 1. The smallest absolute Gasteiger partial charge is 0.306 e. The van der Waals surface area contributed by atoms with E-state index in [0.29, 0.717) is 0 Å². The normalized spacial score (nSPS) is 37.3. The number of rotatable bonds is 2. The highest BCUT2D eigenvalue weighted by Gasteiger charge is 2.42. The van der Waals surface area contributed by atoms with Crippen LogP contribution in [0.3, 0.4) is 0 Å². The van der Waals surface area contributed by atoms with Gasteiger partial charge in [0.1, 0.15) is 12.4 Å². The summed E-state index contributed by atoms with van der Waals surface area (Å²) in [5.41, 5.74) is 1.14. The Kier molecular flexibility index (Phi) is 2.40. The first-order valence-corrected chi connectivity index (χ1v) is 5.05. The zero-order chi connectivity index (χ0) is 10.1. The van der Waals surface area contributed by atoms with Crippen molar-refractivity contribution in [1.29, 1.82) is 0 Å². The maximum absolute atomic E-state index is 11.1. The van der Waals surface area contributed by atoms with Gasteiger partial charge in [0.25, 0.3) is 0 Å². The van der Waals surface area contributed by atoms with E-state index in [9.17, 15) is 9.59 Å². The Labute approximate surface area is 83.1 Å². The lowest BCUT2D eigenvalue weighted by atomic mass is 9.88. The number of esters is 1. The monoisotopic (exact) mass is 194 g/mol. The molecular weight excluding hydrogens is 180 g/mol. The van der Waals surface area contributed by atoms with Crippen molar-refractivity contribution in [3.8, 4) is 0 Å². The van der Waals surface area contributed by atoms with E-state index < -0.39 is 0 Å². The molecule has 0 bridgehead atoms. The Hall–Kier alpha value is -1.12. The molecule has 2 fully saturated rings. The molecule has 2 aliphatic rings. The Morgan fingerprint density at radius 1 is 1.50 bits per heavy atom. The molecule has 1 aliphatic heterocycles. The minimum atomic E-state index is -0.248. The highest BCUT2D eigenvalue weighted by molar-refractivity contribution is 5.77. The quantitative estimate of drug-likeness (QED) is 0.380. The van der Waals surface area contributed by atoms with Crippen LogP contribution in [-0.2, 0) is 14.3 Å². The SMILES string of the molecule is C=C1CCC[C@@H]1[C@H]1OC(=O)C[C@H]1C=O. The van der Waals surface area contributed by atoms with Gasteiger partial charge < -0.3 is 9.53 Å². The molecule has 0 aromatic carbocycles. The van der Waals surface area contributed by atoms with Crippen LogP contribution < -0.4 is 0 Å². The summed E-state index contributed by atoms with van der Waals surface area (Å²) < 4.78 is 5.19. The lowest BCUT2D eigenvalue weighted by Crippen LogP contribution is -2.26. The van der Waals surface area contributed by atoms with Crippen LogP contribution in [0.15, 0.2) is 12.2 Å². The molecule has 3 heteroatoms. The van der Waals surface area contributed by atoms with E-state index in [-0.39, 0.29) is 30.3 Å². The van der Waals surface area contributed by atoms with Gasteiger partial charge in [0.05, 0.1) is 12.3 Å². The largest absolute Gasteiger partial charge is 0.461 e. The van der Waals surface area contributed by atoms with E-state index in [2.05, 4.69) is 6.58 Å². The van der Waals surface area contributed by atoms with Crippen LogP contribution in [0.25, 0.3) is 0 Å². The number of carbonyl (C=O) groups is 2. The van der Waals surface area contributed by atoms with Gasteiger partial charge in [-0.05, 0) is 19.3 Å². The molecular formula is C11H14O3. The average molecular weight is 194 g/mol. The summed E-state index contributed by atoms with van der Waals surface area (Å²) in [6.45, 7) is 3.97. The summed E-state index contributed by atoms with van der Waals surface area (Å²) >= 11 is 0. The second-order valence-corrected chi connectivity index (χ2v) is 4.12. The minimum absolute atomic E-state index is 0.219. The summed E-state index contributed by atoms with van der Waals surface area (Å²) in [5.74, 6) is -0.272. The second-order valence-electron chi connectivity index (χ2n) is 4.12. The summed E-state index contributed by atoms with van der Waals surface area (Å²) in [7, 11) is 0. The topological polar surface area (TPSA) is 43.4 Å². The minimum Gasteiger partial charge on any atom is -0.461 e. The fraction of sp³-hybridized carbons (Fsp3) is 0.636. The highest BCUT2D eigenvalue weighted by Crippen LogP contribution is 2.39. The van der Waals surface area contributed by atoms with Crippen LogP contribution in [0.2, 0.25) is 0 Å². The van der Waals surface area contributed by atoms with E-state index in [4.69, 9.17) is 4.74 Å². The highest BCUT2D eigenvalue weighted by atomic mass is 16.6. The predicted octanol–water partition coefficient (Wildman–Crippen LogP) is 1.47. The molecule has 14 heavy (non-hydrogen) atoms. The second kappa shape index (κ2) is 3.56. The molecule has 1 heterocycles. The number of hydrogen-bond acceptors (Lipinski definition) is 3. The summed E-state index contributed by atoms with van der Waals surface area (Å²) in [6, 6.07) is 0. The average Bonchev–Trinajstić information content (AvgIpc) is 2.71. The van der Waals surface area contributed by atoms with Gasteiger partial charge in [-0.2, -0.15) is 0 Å². The van der Waals surface area contributed by atoms with Crippen molar-refractivity contribution in [3.05, 3.63) is 12.2 Å². The molecule has 0 N–H and O–H groups in total. The van der Waals surface area contributed by atoms with Crippen LogP contribution in [0.1, 0.15) is 25.7 Å². The molecule has 1 aliphatic carbocycles. The van der Waals surface area contributed by atoms with Gasteiger partial charge in [-0.15, -0.1) is 0 Å². The molecule has 76 valence electrons. The van der Waals surface area contributed by atoms with Crippen LogP contribution in [0, 0.1) is 11.8 Å². The molecule has 1 saturated heterocycles. The Balaban J connectivity index is 2.12. The molecule has 3 atom stereocenters. The molecule has 3 nitrogen and oxygen atoms in total. The molecule has 0 spiro atoms. The van der Waals surface area contributed by atoms with Gasteiger partial charge in [-0.25, -0.2) is 0 Å². The Morgan fingerprint density at radius 2 is 2.29 bits per heavy atom. The van der Waals surface area contributed by atoms with Crippen LogP contribution in [0.4, 0.5) is 0 Å². The summed E-state index contributed by atoms with van der Waals surface area (Å²) in [5, 5.41) is 0. The third kappa shape index (κ3) is 1.47. The van der Waals surface area contributed by atoms with Crippen LogP contribution >= 0.6 is 0 Å². The van der Waals surface area contributed by atoms with Crippen molar-refractivity contribution in [2.45, 2.75) is 31.8 Å². The molecule has 0 aromatic heterocycles. The number of carbonyl (C=O) groups excluding carboxylic acids is 2. The first-order valence-electron chi connectivity index (χ1n) is 5.05. The van der Waals surface area contributed by atoms with Gasteiger partial charge in [0.15, 0.2) is 0 Å². The molecule has 0 radical (unpaired) electrons. The molecule has 2 rings (SSSR count). The van der Waals surface area contributed by atoms with Crippen LogP contribution in [-0.4, -0.2) is 18.4 Å². The molecule has 0 amide bonds. The lowest BCUT2D eigenvalue weighted by molar-refractivity contribution is -0.142. The van der Waals surface area contributed by atoms with E-state index in [1.54, 1.807) is 0 Å². The fourth-order valence-electron chi connectivity index (χ4n) is 2.44. The van der Waals surface area contributed by atoms with E-state index in [1.165, 1.54) is 0 Å². The van der Waals surface area contributed by atoms with Gasteiger partial charge in [0.2, 0.25) is 0 Å². The van der Waals surface area contributed by atoms with Crippen molar-refractivity contribution in [2.24, 2.45) is 11.8 Å². The third-order valence-electron chi connectivity index (χ3n) is 3.20. The third-order valence-corrected chi connectivity index (χ3v) is 3.20.